The third kappa shape index (κ3) is 4.05. The maximum absolute atomic E-state index is 12.1. The number of benzene rings is 1. The van der Waals surface area contributed by atoms with Gasteiger partial charge in [-0.2, -0.15) is 0 Å². The summed E-state index contributed by atoms with van der Waals surface area (Å²) in [6.07, 6.45) is 4.45. The topological polar surface area (TPSA) is 75.4 Å². The van der Waals surface area contributed by atoms with Crippen molar-refractivity contribution in [1.29, 1.82) is 0 Å². The summed E-state index contributed by atoms with van der Waals surface area (Å²) in [6.45, 7) is 0.143. The molecule has 4 nitrogen and oxygen atoms in total. The van der Waals surface area contributed by atoms with Gasteiger partial charge in [-0.05, 0) is 31.2 Å². The number of nitrogens with one attached hydrogen (secondary N) is 1. The van der Waals surface area contributed by atoms with Crippen LogP contribution in [0.25, 0.3) is 0 Å². The Morgan fingerprint density at radius 1 is 1.35 bits per heavy atom. The molecule has 1 aromatic carbocycles. The second-order valence-corrected chi connectivity index (χ2v) is 5.62. The summed E-state index contributed by atoms with van der Waals surface area (Å²) < 4.78 is 0. The highest BCUT2D eigenvalue weighted by molar-refractivity contribution is 5.81. The molecule has 1 fully saturated rings. The van der Waals surface area contributed by atoms with Gasteiger partial charge < -0.3 is 16.2 Å². The van der Waals surface area contributed by atoms with Gasteiger partial charge in [-0.3, -0.25) is 4.79 Å². The largest absolute Gasteiger partial charge is 0.396 e. The van der Waals surface area contributed by atoms with Gasteiger partial charge in [0.05, 0.1) is 6.04 Å². The van der Waals surface area contributed by atoms with Gasteiger partial charge in [-0.25, -0.2) is 0 Å². The van der Waals surface area contributed by atoms with Crippen LogP contribution in [0.1, 0.15) is 31.2 Å². The third-order valence-corrected chi connectivity index (χ3v) is 4.14. The minimum absolute atomic E-state index is 0.0914. The molecule has 1 aromatic rings. The highest BCUT2D eigenvalue weighted by Gasteiger charge is 2.29. The van der Waals surface area contributed by atoms with Crippen molar-refractivity contribution in [3.05, 3.63) is 35.9 Å². The van der Waals surface area contributed by atoms with Crippen LogP contribution in [0.4, 0.5) is 0 Å². The van der Waals surface area contributed by atoms with Crippen LogP contribution in [0.15, 0.2) is 30.3 Å². The van der Waals surface area contributed by atoms with Gasteiger partial charge in [0.25, 0.3) is 0 Å². The standard InChI is InChI=1S/C16H24N2O2/c17-14(10-9-12-5-2-1-3-6-12)16(20)18-15-8-4-7-13(15)11-19/h1-3,5-6,13-15,19H,4,7-11,17H2,(H,18,20)/t13?,14-,15?/m0/s1. The first-order valence-corrected chi connectivity index (χ1v) is 7.41. The van der Waals surface area contributed by atoms with E-state index in [-0.39, 0.29) is 24.5 Å². The second kappa shape index (κ2) is 7.41. The van der Waals surface area contributed by atoms with E-state index in [1.165, 1.54) is 5.56 Å². The average molecular weight is 276 g/mol. The van der Waals surface area contributed by atoms with Crippen LogP contribution in [-0.4, -0.2) is 29.7 Å². The molecule has 2 unspecified atom stereocenters. The van der Waals surface area contributed by atoms with Crippen LogP contribution in [0.5, 0.6) is 0 Å². The molecule has 1 saturated carbocycles. The molecule has 1 aliphatic rings. The lowest BCUT2D eigenvalue weighted by Crippen LogP contribution is -2.47. The fourth-order valence-corrected chi connectivity index (χ4v) is 2.83. The minimum Gasteiger partial charge on any atom is -0.396 e. The molecular weight excluding hydrogens is 252 g/mol. The van der Waals surface area contributed by atoms with E-state index >= 15 is 0 Å². The van der Waals surface area contributed by atoms with Crippen LogP contribution >= 0.6 is 0 Å². The Morgan fingerprint density at radius 3 is 2.80 bits per heavy atom. The van der Waals surface area contributed by atoms with Crippen molar-refractivity contribution in [3.8, 4) is 0 Å². The number of aryl methyl sites for hydroxylation is 1. The van der Waals surface area contributed by atoms with E-state index in [4.69, 9.17) is 5.73 Å². The molecule has 0 heterocycles. The zero-order chi connectivity index (χ0) is 14.4. The number of hydrogen-bond donors (Lipinski definition) is 3. The molecule has 0 aliphatic heterocycles. The van der Waals surface area contributed by atoms with Crippen LogP contribution in [-0.2, 0) is 11.2 Å². The van der Waals surface area contributed by atoms with Gasteiger partial charge in [0.1, 0.15) is 0 Å². The summed E-state index contributed by atoms with van der Waals surface area (Å²) in [5.41, 5.74) is 7.15. The number of carbonyl (C=O) groups excluding carboxylic acids is 1. The van der Waals surface area contributed by atoms with Gasteiger partial charge >= 0.3 is 0 Å². The summed E-state index contributed by atoms with van der Waals surface area (Å²) >= 11 is 0. The van der Waals surface area contributed by atoms with Crippen LogP contribution in [0.2, 0.25) is 0 Å². The van der Waals surface area contributed by atoms with Crippen molar-refractivity contribution in [2.24, 2.45) is 11.7 Å². The van der Waals surface area contributed by atoms with Gasteiger partial charge in [0.15, 0.2) is 0 Å². The number of rotatable bonds is 6. The first kappa shape index (κ1) is 15.0. The van der Waals surface area contributed by atoms with Crippen molar-refractivity contribution in [2.45, 2.75) is 44.2 Å². The van der Waals surface area contributed by atoms with Crippen molar-refractivity contribution in [3.63, 3.8) is 0 Å². The van der Waals surface area contributed by atoms with Crippen molar-refractivity contribution < 1.29 is 9.90 Å². The van der Waals surface area contributed by atoms with Gasteiger partial charge in [-0.1, -0.05) is 36.8 Å². The van der Waals surface area contributed by atoms with E-state index in [9.17, 15) is 9.90 Å². The first-order valence-electron chi connectivity index (χ1n) is 7.41. The molecule has 0 radical (unpaired) electrons. The van der Waals surface area contributed by atoms with Crippen molar-refractivity contribution >= 4 is 5.91 Å². The Morgan fingerprint density at radius 2 is 2.10 bits per heavy atom. The number of nitrogens with two attached hydrogens (primary N) is 1. The summed E-state index contributed by atoms with van der Waals surface area (Å²) in [4.78, 5) is 12.1. The first-order chi connectivity index (χ1) is 9.70. The summed E-state index contributed by atoms with van der Waals surface area (Å²) in [6, 6.07) is 9.67. The zero-order valence-electron chi connectivity index (χ0n) is 11.8. The molecule has 1 amide bonds. The van der Waals surface area contributed by atoms with Crippen molar-refractivity contribution in [1.82, 2.24) is 5.32 Å². The number of aliphatic hydroxyl groups excluding tert-OH is 1. The highest BCUT2D eigenvalue weighted by Crippen LogP contribution is 2.25. The molecule has 2 rings (SSSR count). The monoisotopic (exact) mass is 276 g/mol. The quantitative estimate of drug-likeness (QED) is 0.731. The Bertz CT molecular complexity index is 422. The SMILES string of the molecule is N[C@@H](CCc1ccccc1)C(=O)NC1CCCC1CO. The maximum atomic E-state index is 12.1. The van der Waals surface area contributed by atoms with E-state index in [2.05, 4.69) is 5.32 Å². The van der Waals surface area contributed by atoms with Gasteiger partial charge in [0, 0.05) is 18.6 Å². The number of amides is 1. The lowest BCUT2D eigenvalue weighted by molar-refractivity contribution is -0.123. The second-order valence-electron chi connectivity index (χ2n) is 5.62. The van der Waals surface area contributed by atoms with Crippen LogP contribution < -0.4 is 11.1 Å². The van der Waals surface area contributed by atoms with E-state index in [1.807, 2.05) is 30.3 Å². The molecule has 0 bridgehead atoms. The minimum atomic E-state index is -0.477. The van der Waals surface area contributed by atoms with E-state index < -0.39 is 6.04 Å². The Kier molecular flexibility index (Phi) is 5.56. The number of aliphatic hydroxyl groups is 1. The lowest BCUT2D eigenvalue weighted by Gasteiger charge is -2.21. The average Bonchev–Trinajstić information content (AvgIpc) is 2.93. The summed E-state index contributed by atoms with van der Waals surface area (Å²) in [5.74, 6) is 0.103. The molecule has 0 saturated heterocycles. The predicted octanol–water partition coefficient (Wildman–Crippen LogP) is 1.22. The number of carbonyl (C=O) groups is 1. The fraction of sp³-hybridized carbons (Fsp3) is 0.562. The third-order valence-electron chi connectivity index (χ3n) is 4.14. The highest BCUT2D eigenvalue weighted by atomic mass is 16.3. The molecule has 0 aromatic heterocycles. The molecule has 20 heavy (non-hydrogen) atoms. The molecule has 4 N–H and O–H groups in total. The predicted molar refractivity (Wildman–Crippen MR) is 79.1 cm³/mol. The summed E-state index contributed by atoms with van der Waals surface area (Å²) in [7, 11) is 0. The zero-order valence-corrected chi connectivity index (χ0v) is 11.8. The molecule has 1 aliphatic carbocycles. The molecule has 110 valence electrons. The smallest absolute Gasteiger partial charge is 0.237 e. The summed E-state index contributed by atoms with van der Waals surface area (Å²) in [5, 5.41) is 12.2. The maximum Gasteiger partial charge on any atom is 0.237 e. The van der Waals surface area contributed by atoms with E-state index in [0.717, 1.165) is 25.7 Å². The molecule has 3 atom stereocenters. The van der Waals surface area contributed by atoms with Gasteiger partial charge in [-0.15, -0.1) is 0 Å². The molecule has 0 spiro atoms. The van der Waals surface area contributed by atoms with Gasteiger partial charge in [0.2, 0.25) is 5.91 Å². The van der Waals surface area contributed by atoms with E-state index in [1.54, 1.807) is 0 Å². The van der Waals surface area contributed by atoms with Crippen LogP contribution in [0, 0.1) is 5.92 Å². The number of hydrogen-bond acceptors (Lipinski definition) is 3. The fourth-order valence-electron chi connectivity index (χ4n) is 2.83. The van der Waals surface area contributed by atoms with Crippen LogP contribution in [0.3, 0.4) is 0 Å². The van der Waals surface area contributed by atoms with E-state index in [0.29, 0.717) is 6.42 Å². The normalized spacial score (nSPS) is 23.5. The Balaban J connectivity index is 1.77. The Labute approximate surface area is 120 Å². The van der Waals surface area contributed by atoms with Crippen molar-refractivity contribution in [2.75, 3.05) is 6.61 Å². The molecule has 4 heteroatoms. The Hall–Kier alpha value is -1.39. The molecular formula is C16H24N2O2. The lowest BCUT2D eigenvalue weighted by atomic mass is 10.0.